The maximum atomic E-state index is 13.8. The minimum Gasteiger partial charge on any atom is -0.382 e. The van der Waals surface area contributed by atoms with Crippen LogP contribution in [0.1, 0.15) is 232 Å². The predicted molar refractivity (Wildman–Crippen MR) is 264 cm³/mol. The van der Waals surface area contributed by atoms with E-state index in [4.69, 9.17) is 33.2 Å². The second-order valence-corrected chi connectivity index (χ2v) is 18.8. The van der Waals surface area contributed by atoms with Crippen LogP contribution in [0.3, 0.4) is 0 Å². The van der Waals surface area contributed by atoms with Crippen molar-refractivity contribution in [2.75, 3.05) is 55.8 Å². The summed E-state index contributed by atoms with van der Waals surface area (Å²) in [5.41, 5.74) is 0. The number of nitrogens with zero attached hydrogens (tertiary/aromatic N) is 1. The summed E-state index contributed by atoms with van der Waals surface area (Å²) in [6, 6.07) is -0.353. The Morgan fingerprint density at radius 1 is 0.540 bits per heavy atom. The Bertz CT molecular complexity index is 1010. The van der Waals surface area contributed by atoms with Crippen LogP contribution >= 0.6 is 0 Å². The molecule has 7 atom stereocenters. The van der Waals surface area contributed by atoms with Crippen molar-refractivity contribution in [2.45, 2.75) is 275 Å². The van der Waals surface area contributed by atoms with E-state index in [-0.39, 0.29) is 30.8 Å². The first-order valence-electron chi connectivity index (χ1n) is 26.7. The molecular weight excluding hydrogens is 791 g/mol. The second kappa shape index (κ2) is 43.5. The molecule has 9 nitrogen and oxygen atoms in total. The molecule has 0 N–H and O–H groups in total. The van der Waals surface area contributed by atoms with Crippen LogP contribution in [0.4, 0.5) is 0 Å². The molecule has 0 saturated carbocycles. The second-order valence-electron chi connectivity index (χ2n) is 18.8. The van der Waals surface area contributed by atoms with E-state index in [1.165, 1.54) is 186 Å². The SMILES string of the molecule is CCCCCCCCCCCCC/C=C/[C@@H](OC)[C@H](CO[C@@H]1O[C@H](COC)[C@@H](OC)[C@H](OC)[C@H]1OC)N(C)C(=O)CCCCCCCCCCCCCCCCCCCCCCC. The normalized spacial score (nSPS) is 20.2. The van der Waals surface area contributed by atoms with Crippen molar-refractivity contribution in [3.8, 4) is 0 Å². The molecule has 1 heterocycles. The van der Waals surface area contributed by atoms with E-state index in [9.17, 15) is 4.79 Å². The fourth-order valence-electron chi connectivity index (χ4n) is 9.32. The smallest absolute Gasteiger partial charge is 0.222 e. The lowest BCUT2D eigenvalue weighted by molar-refractivity contribution is -0.315. The quantitative estimate of drug-likeness (QED) is 0.0441. The molecule has 1 aliphatic heterocycles. The van der Waals surface area contributed by atoms with Gasteiger partial charge >= 0.3 is 0 Å². The van der Waals surface area contributed by atoms with E-state index in [0.29, 0.717) is 13.0 Å². The van der Waals surface area contributed by atoms with Gasteiger partial charge in [0.15, 0.2) is 6.29 Å². The number of amides is 1. The van der Waals surface area contributed by atoms with E-state index in [2.05, 4.69) is 26.0 Å². The average Bonchev–Trinajstić information content (AvgIpc) is 3.29. The molecule has 1 saturated heterocycles. The lowest BCUT2D eigenvalue weighted by atomic mass is 9.98. The number of carbonyl (C=O) groups is 1. The Morgan fingerprint density at radius 2 is 0.937 bits per heavy atom. The standard InChI is InChI=1S/C54H105NO8/c1-9-11-13-15-17-19-21-23-24-25-26-27-28-29-30-32-34-36-38-40-42-44-50(56)55(3)47(45-62-54-53(61-8)52(60-7)51(59-6)49(63-54)46-57-4)48(58-5)43-41-39-37-35-33-31-22-20-18-16-14-12-10-2/h41,43,47-49,51-54H,9-40,42,44-46H2,1-8H3/b43-41+/t47-,48+,49+,51+,52-,53+,54+/m0/s1. The summed E-state index contributed by atoms with van der Waals surface area (Å²) in [6.07, 6.45) is 45.9. The van der Waals surface area contributed by atoms with Gasteiger partial charge in [-0.1, -0.05) is 219 Å². The van der Waals surface area contributed by atoms with Gasteiger partial charge in [0.05, 0.1) is 25.4 Å². The Labute approximate surface area is 390 Å². The van der Waals surface area contributed by atoms with Gasteiger partial charge in [0.25, 0.3) is 0 Å². The molecule has 0 aromatic heterocycles. The monoisotopic (exact) mass is 896 g/mol. The highest BCUT2D eigenvalue weighted by Gasteiger charge is 2.48. The highest BCUT2D eigenvalue weighted by molar-refractivity contribution is 5.76. The minimum atomic E-state index is -0.746. The molecular formula is C54H105NO8. The summed E-state index contributed by atoms with van der Waals surface area (Å²) < 4.78 is 42.0. The van der Waals surface area contributed by atoms with Crippen molar-refractivity contribution < 1.29 is 38.0 Å². The topological polar surface area (TPSA) is 84.9 Å². The van der Waals surface area contributed by atoms with Gasteiger partial charge in [-0.3, -0.25) is 4.79 Å². The number of hydrogen-bond acceptors (Lipinski definition) is 8. The number of hydrogen-bond donors (Lipinski definition) is 0. The van der Waals surface area contributed by atoms with Crippen LogP contribution in [0.25, 0.3) is 0 Å². The lowest BCUT2D eigenvalue weighted by Gasteiger charge is -2.45. The summed E-state index contributed by atoms with van der Waals surface area (Å²) >= 11 is 0. The van der Waals surface area contributed by atoms with E-state index in [0.717, 1.165) is 25.7 Å². The number of allylic oxidation sites excluding steroid dienone is 1. The number of unbranched alkanes of at least 4 members (excludes halogenated alkanes) is 31. The van der Waals surface area contributed by atoms with Crippen LogP contribution in [0.2, 0.25) is 0 Å². The highest BCUT2D eigenvalue weighted by Crippen LogP contribution is 2.29. The van der Waals surface area contributed by atoms with Crippen LogP contribution in [-0.2, 0) is 38.0 Å². The molecule has 0 aromatic carbocycles. The largest absolute Gasteiger partial charge is 0.382 e. The van der Waals surface area contributed by atoms with Crippen molar-refractivity contribution >= 4 is 5.91 Å². The molecule has 1 rings (SSSR count). The number of likely N-dealkylation sites (N-methyl/N-ethyl adjacent to an activating group) is 1. The van der Waals surface area contributed by atoms with Gasteiger partial charge < -0.3 is 38.1 Å². The third-order valence-corrected chi connectivity index (χ3v) is 13.5. The molecule has 0 aromatic rings. The maximum Gasteiger partial charge on any atom is 0.222 e. The molecule has 9 heteroatoms. The minimum absolute atomic E-state index is 0.113. The van der Waals surface area contributed by atoms with E-state index in [1.54, 1.807) is 35.5 Å². The van der Waals surface area contributed by atoms with Gasteiger partial charge in [0.1, 0.15) is 24.4 Å². The molecule has 0 aliphatic carbocycles. The molecule has 0 radical (unpaired) electrons. The zero-order chi connectivity index (χ0) is 46.0. The van der Waals surface area contributed by atoms with Gasteiger partial charge in [-0.05, 0) is 19.3 Å². The average molecular weight is 896 g/mol. The van der Waals surface area contributed by atoms with Crippen molar-refractivity contribution in [3.05, 3.63) is 12.2 Å². The molecule has 1 aliphatic rings. The zero-order valence-corrected chi connectivity index (χ0v) is 42.9. The summed E-state index contributed by atoms with van der Waals surface area (Å²) in [6.45, 7) is 5.10. The summed E-state index contributed by atoms with van der Waals surface area (Å²) in [5, 5.41) is 0. The Hall–Kier alpha value is -1.07. The summed E-state index contributed by atoms with van der Waals surface area (Å²) in [7, 11) is 10.2. The molecule has 374 valence electrons. The van der Waals surface area contributed by atoms with E-state index >= 15 is 0 Å². The van der Waals surface area contributed by atoms with Gasteiger partial charge in [0.2, 0.25) is 5.91 Å². The van der Waals surface area contributed by atoms with Crippen molar-refractivity contribution in [1.82, 2.24) is 4.90 Å². The highest BCUT2D eigenvalue weighted by atomic mass is 16.7. The first kappa shape index (κ1) is 59.9. The number of rotatable bonds is 46. The number of ether oxygens (including phenoxy) is 7. The van der Waals surface area contributed by atoms with Crippen LogP contribution in [0.15, 0.2) is 12.2 Å². The maximum absolute atomic E-state index is 13.8. The molecule has 0 spiro atoms. The Kier molecular flexibility index (Phi) is 41.4. The first-order valence-corrected chi connectivity index (χ1v) is 26.7. The summed E-state index contributed by atoms with van der Waals surface area (Å²) in [4.78, 5) is 15.6. The van der Waals surface area contributed by atoms with Gasteiger partial charge in [-0.2, -0.15) is 0 Å². The fourth-order valence-corrected chi connectivity index (χ4v) is 9.32. The zero-order valence-electron chi connectivity index (χ0n) is 42.9. The fraction of sp³-hybridized carbons (Fsp3) is 0.944. The predicted octanol–water partition coefficient (Wildman–Crippen LogP) is 14.1. The third-order valence-electron chi connectivity index (χ3n) is 13.5. The van der Waals surface area contributed by atoms with Crippen LogP contribution in [0.5, 0.6) is 0 Å². The van der Waals surface area contributed by atoms with Gasteiger partial charge in [-0.25, -0.2) is 0 Å². The lowest BCUT2D eigenvalue weighted by Crippen LogP contribution is -2.61. The van der Waals surface area contributed by atoms with Gasteiger partial charge in [-0.15, -0.1) is 0 Å². The van der Waals surface area contributed by atoms with Crippen LogP contribution in [-0.4, -0.2) is 109 Å². The number of methoxy groups -OCH3 is 5. The Balaban J connectivity index is 2.55. The first-order chi connectivity index (χ1) is 30.9. The Morgan fingerprint density at radius 3 is 1.32 bits per heavy atom. The molecule has 0 bridgehead atoms. The molecule has 0 unspecified atom stereocenters. The van der Waals surface area contributed by atoms with Crippen molar-refractivity contribution in [3.63, 3.8) is 0 Å². The van der Waals surface area contributed by atoms with Crippen LogP contribution < -0.4 is 0 Å². The third kappa shape index (κ3) is 29.3. The van der Waals surface area contributed by atoms with Crippen molar-refractivity contribution in [2.24, 2.45) is 0 Å². The number of carbonyl (C=O) groups excluding carboxylic acids is 1. The van der Waals surface area contributed by atoms with E-state index < -0.39 is 24.6 Å². The summed E-state index contributed by atoms with van der Waals surface area (Å²) in [5.74, 6) is 0.113. The van der Waals surface area contributed by atoms with Crippen LogP contribution in [0, 0.1) is 0 Å². The van der Waals surface area contributed by atoms with E-state index in [1.807, 2.05) is 11.9 Å². The molecule has 1 amide bonds. The molecule has 63 heavy (non-hydrogen) atoms. The molecule has 1 fully saturated rings. The van der Waals surface area contributed by atoms with Crippen molar-refractivity contribution in [1.29, 1.82) is 0 Å². The van der Waals surface area contributed by atoms with Gasteiger partial charge in [0, 0.05) is 49.0 Å².